The summed E-state index contributed by atoms with van der Waals surface area (Å²) in [5, 5.41) is 3.42. The molecule has 2 saturated heterocycles. The summed E-state index contributed by atoms with van der Waals surface area (Å²) in [6, 6.07) is 0. The molecule has 7 nitrogen and oxygen atoms in total. The molecule has 7 heteroatoms. The smallest absolute Gasteiger partial charge is 0.248 e. The van der Waals surface area contributed by atoms with Gasteiger partial charge in [0.1, 0.15) is 18.2 Å². The van der Waals surface area contributed by atoms with Crippen LogP contribution in [0.4, 0.5) is 5.82 Å². The van der Waals surface area contributed by atoms with Crippen molar-refractivity contribution in [3.63, 3.8) is 0 Å². The average molecular weight is 402 g/mol. The van der Waals surface area contributed by atoms with Crippen LogP contribution in [-0.4, -0.2) is 77.7 Å². The first-order chi connectivity index (χ1) is 14.1. The molecule has 1 amide bonds. The number of morpholine rings is 1. The first-order valence-corrected chi connectivity index (χ1v) is 11.3. The van der Waals surface area contributed by atoms with E-state index in [0.29, 0.717) is 19.0 Å². The van der Waals surface area contributed by atoms with E-state index in [1.54, 1.807) is 0 Å². The molecule has 1 aromatic rings. The molecular formula is C22H35N5O2. The fourth-order valence-corrected chi connectivity index (χ4v) is 4.43. The summed E-state index contributed by atoms with van der Waals surface area (Å²) in [6.45, 7) is 10.1. The van der Waals surface area contributed by atoms with Crippen molar-refractivity contribution in [3.8, 4) is 0 Å². The van der Waals surface area contributed by atoms with Crippen molar-refractivity contribution in [2.75, 3.05) is 51.2 Å². The first-order valence-electron chi connectivity index (χ1n) is 11.3. The van der Waals surface area contributed by atoms with E-state index in [1.165, 1.54) is 45.3 Å². The number of carbonyl (C=O) groups excluding carboxylic acids is 1. The van der Waals surface area contributed by atoms with Crippen molar-refractivity contribution < 1.29 is 9.53 Å². The van der Waals surface area contributed by atoms with E-state index in [9.17, 15) is 4.79 Å². The fraction of sp³-hybridized carbons (Fsp3) is 0.773. The Morgan fingerprint density at radius 3 is 2.66 bits per heavy atom. The van der Waals surface area contributed by atoms with Crippen LogP contribution in [-0.2, 0) is 16.0 Å². The highest BCUT2D eigenvalue weighted by atomic mass is 16.5. The third-order valence-corrected chi connectivity index (χ3v) is 6.48. The number of nitrogens with one attached hydrogen (secondary N) is 1. The Labute approximate surface area is 174 Å². The van der Waals surface area contributed by atoms with Gasteiger partial charge >= 0.3 is 0 Å². The highest BCUT2D eigenvalue weighted by Gasteiger charge is 2.31. The summed E-state index contributed by atoms with van der Waals surface area (Å²) in [7, 11) is 0. The molecule has 1 saturated carbocycles. The Morgan fingerprint density at radius 2 is 1.93 bits per heavy atom. The van der Waals surface area contributed by atoms with Crippen molar-refractivity contribution in [2.45, 2.75) is 52.1 Å². The molecule has 2 aliphatic heterocycles. The number of aromatic nitrogens is 2. The predicted octanol–water partition coefficient (Wildman–Crippen LogP) is 2.11. The highest BCUT2D eigenvalue weighted by Crippen LogP contribution is 2.31. The lowest BCUT2D eigenvalue weighted by atomic mass is 9.95. The number of anilines is 1. The zero-order chi connectivity index (χ0) is 20.2. The average Bonchev–Trinajstić information content (AvgIpc) is 3.54. The van der Waals surface area contributed by atoms with Crippen molar-refractivity contribution in [3.05, 3.63) is 17.6 Å². The SMILES string of the molecule is CCc1cnc(C)nc1NC[C@H]1CN(CC2CCN(CC3CC3)CC2)C(=O)CO1. The van der Waals surface area contributed by atoms with Gasteiger partial charge in [-0.25, -0.2) is 9.97 Å². The molecule has 1 N–H and O–H groups in total. The predicted molar refractivity (Wildman–Crippen MR) is 113 cm³/mol. The third-order valence-electron chi connectivity index (χ3n) is 6.48. The number of hydrogen-bond donors (Lipinski definition) is 1. The van der Waals surface area contributed by atoms with Gasteiger partial charge in [-0.05, 0) is 64.0 Å². The fourth-order valence-electron chi connectivity index (χ4n) is 4.43. The van der Waals surface area contributed by atoms with E-state index in [-0.39, 0.29) is 18.6 Å². The van der Waals surface area contributed by atoms with E-state index in [1.807, 2.05) is 18.0 Å². The maximum absolute atomic E-state index is 12.4. The van der Waals surface area contributed by atoms with Gasteiger partial charge in [0.05, 0.1) is 6.10 Å². The molecule has 0 aromatic carbocycles. The van der Waals surface area contributed by atoms with Crippen molar-refractivity contribution in [2.24, 2.45) is 11.8 Å². The van der Waals surface area contributed by atoms with Gasteiger partial charge in [-0.15, -0.1) is 0 Å². The molecule has 0 radical (unpaired) electrons. The topological polar surface area (TPSA) is 70.6 Å². The molecule has 4 rings (SSSR count). The maximum atomic E-state index is 12.4. The van der Waals surface area contributed by atoms with Crippen molar-refractivity contribution in [1.29, 1.82) is 0 Å². The molecule has 1 aliphatic carbocycles. The Morgan fingerprint density at radius 1 is 1.17 bits per heavy atom. The molecule has 1 atom stereocenters. The van der Waals surface area contributed by atoms with Crippen LogP contribution in [0.3, 0.4) is 0 Å². The Bertz CT molecular complexity index is 700. The number of rotatable bonds is 8. The summed E-state index contributed by atoms with van der Waals surface area (Å²) < 4.78 is 5.80. The molecule has 0 spiro atoms. The van der Waals surface area contributed by atoms with E-state index in [4.69, 9.17) is 4.74 Å². The lowest BCUT2D eigenvalue weighted by Gasteiger charge is -2.38. The van der Waals surface area contributed by atoms with Gasteiger partial charge in [0.15, 0.2) is 0 Å². The van der Waals surface area contributed by atoms with Gasteiger partial charge in [0.25, 0.3) is 0 Å². The number of amides is 1. The van der Waals surface area contributed by atoms with Crippen LogP contribution in [0, 0.1) is 18.8 Å². The van der Waals surface area contributed by atoms with Gasteiger partial charge < -0.3 is 19.9 Å². The summed E-state index contributed by atoms with van der Waals surface area (Å²) in [6.07, 6.45) is 8.04. The van der Waals surface area contributed by atoms with Crippen molar-refractivity contribution >= 4 is 11.7 Å². The quantitative estimate of drug-likeness (QED) is 0.719. The normalized spacial score (nSPS) is 24.1. The summed E-state index contributed by atoms with van der Waals surface area (Å²) in [4.78, 5) is 25.9. The zero-order valence-electron chi connectivity index (χ0n) is 17.9. The standard InChI is InChI=1S/C22H35N5O2/c1-3-19-10-23-16(2)25-22(19)24-11-20-14-27(21(28)15-29-20)13-18-6-8-26(9-7-18)12-17-4-5-17/h10,17-18,20H,3-9,11-15H2,1-2H3,(H,23,24,25)/t20-/m0/s1. The minimum atomic E-state index is 0.00244. The molecule has 3 aliphatic rings. The third kappa shape index (κ3) is 5.66. The van der Waals surface area contributed by atoms with Gasteiger partial charge in [-0.1, -0.05) is 6.92 Å². The number of piperidine rings is 1. The van der Waals surface area contributed by atoms with E-state index >= 15 is 0 Å². The highest BCUT2D eigenvalue weighted by molar-refractivity contribution is 5.78. The Kier molecular flexibility index (Phi) is 6.65. The second-order valence-corrected chi connectivity index (χ2v) is 8.94. The van der Waals surface area contributed by atoms with Gasteiger partial charge in [-0.2, -0.15) is 0 Å². The first kappa shape index (κ1) is 20.5. The molecule has 0 bridgehead atoms. The minimum Gasteiger partial charge on any atom is -0.367 e. The van der Waals surface area contributed by atoms with Crippen molar-refractivity contribution in [1.82, 2.24) is 19.8 Å². The van der Waals surface area contributed by atoms with Crippen LogP contribution < -0.4 is 5.32 Å². The molecule has 1 aromatic heterocycles. The van der Waals surface area contributed by atoms with Gasteiger partial charge in [0, 0.05) is 37.9 Å². The van der Waals surface area contributed by atoms with E-state index in [0.717, 1.165) is 36.1 Å². The lowest BCUT2D eigenvalue weighted by Crippen LogP contribution is -2.51. The number of nitrogens with zero attached hydrogens (tertiary/aromatic N) is 4. The second-order valence-electron chi connectivity index (χ2n) is 8.94. The largest absolute Gasteiger partial charge is 0.367 e. The number of carbonyl (C=O) groups is 1. The summed E-state index contributed by atoms with van der Waals surface area (Å²) in [5.74, 6) is 3.37. The monoisotopic (exact) mass is 401 g/mol. The van der Waals surface area contributed by atoms with E-state index in [2.05, 4.69) is 27.1 Å². The van der Waals surface area contributed by atoms with Gasteiger partial charge in [-0.3, -0.25) is 4.79 Å². The number of ether oxygens (including phenoxy) is 1. The minimum absolute atomic E-state index is 0.00244. The summed E-state index contributed by atoms with van der Waals surface area (Å²) >= 11 is 0. The summed E-state index contributed by atoms with van der Waals surface area (Å²) in [5.41, 5.74) is 1.11. The van der Waals surface area contributed by atoms with Crippen LogP contribution in [0.25, 0.3) is 0 Å². The van der Waals surface area contributed by atoms with Crippen LogP contribution in [0.1, 0.15) is 44.0 Å². The number of aryl methyl sites for hydroxylation is 2. The molecule has 29 heavy (non-hydrogen) atoms. The Hall–Kier alpha value is -1.73. The molecule has 3 fully saturated rings. The number of hydrogen-bond acceptors (Lipinski definition) is 6. The van der Waals surface area contributed by atoms with Crippen LogP contribution in [0.15, 0.2) is 6.20 Å². The molecular weight excluding hydrogens is 366 g/mol. The zero-order valence-corrected chi connectivity index (χ0v) is 17.9. The van der Waals surface area contributed by atoms with Gasteiger partial charge in [0.2, 0.25) is 5.91 Å². The Balaban J connectivity index is 1.25. The lowest BCUT2D eigenvalue weighted by molar-refractivity contribution is -0.149. The van der Waals surface area contributed by atoms with Crippen LogP contribution in [0.2, 0.25) is 0 Å². The molecule has 3 heterocycles. The maximum Gasteiger partial charge on any atom is 0.248 e. The molecule has 160 valence electrons. The second kappa shape index (κ2) is 9.39. The molecule has 0 unspecified atom stereocenters. The van der Waals surface area contributed by atoms with Crippen LogP contribution in [0.5, 0.6) is 0 Å². The number of likely N-dealkylation sites (tertiary alicyclic amines) is 1. The van der Waals surface area contributed by atoms with E-state index < -0.39 is 0 Å². The van der Waals surface area contributed by atoms with Crippen LogP contribution >= 0.6 is 0 Å².